The summed E-state index contributed by atoms with van der Waals surface area (Å²) >= 11 is 0. The van der Waals surface area contributed by atoms with Crippen molar-refractivity contribution in [2.75, 3.05) is 11.9 Å². The molecule has 0 saturated carbocycles. The zero-order valence-corrected chi connectivity index (χ0v) is 20.0. The van der Waals surface area contributed by atoms with Crippen LogP contribution < -0.4 is 39.2 Å². The van der Waals surface area contributed by atoms with Gasteiger partial charge >= 0.3 is 29.6 Å². The van der Waals surface area contributed by atoms with Crippen LogP contribution in [0.25, 0.3) is 10.8 Å². The van der Waals surface area contributed by atoms with E-state index in [1.807, 2.05) is 25.4 Å². The molecule has 30 heavy (non-hydrogen) atoms. The van der Waals surface area contributed by atoms with Gasteiger partial charge in [-0.05, 0) is 49.1 Å². The van der Waals surface area contributed by atoms with Crippen LogP contribution in [-0.4, -0.2) is 32.0 Å². The number of hydrogen-bond donors (Lipinski definition) is 0. The molecule has 2 heterocycles. The molecular formula is C22H19N2NaO4S. The van der Waals surface area contributed by atoms with Crippen molar-refractivity contribution in [3.8, 4) is 5.75 Å². The third kappa shape index (κ3) is 2.77. The van der Waals surface area contributed by atoms with Crippen LogP contribution in [0.3, 0.4) is 0 Å². The van der Waals surface area contributed by atoms with Gasteiger partial charge < -0.3 is 14.2 Å². The predicted octanol–water partition coefficient (Wildman–Crippen LogP) is 0.966. The molecule has 3 aromatic carbocycles. The van der Waals surface area contributed by atoms with Crippen LogP contribution >= 0.6 is 0 Å². The Labute approximate surface area is 197 Å². The number of anilines is 1. The monoisotopic (exact) mass is 430 g/mol. The fraction of sp³-hybridized carbons (Fsp3) is 0.227. The first-order chi connectivity index (χ1) is 13.6. The molecule has 0 N–H and O–H groups in total. The fourth-order valence-corrected chi connectivity index (χ4v) is 5.02. The van der Waals surface area contributed by atoms with Crippen LogP contribution in [0.15, 0.2) is 64.5 Å². The normalized spacial score (nSPS) is 21.1. The summed E-state index contributed by atoms with van der Waals surface area (Å²) in [6, 6.07) is 16.0. The minimum absolute atomic E-state index is 0. The van der Waals surface area contributed by atoms with Gasteiger partial charge in [0.25, 0.3) is 0 Å². The van der Waals surface area contributed by atoms with Crippen molar-refractivity contribution in [1.82, 2.24) is 0 Å². The number of aliphatic imine (C=N–C) groups is 1. The molecule has 3 aromatic rings. The molecule has 8 heteroatoms. The first kappa shape index (κ1) is 21.3. The van der Waals surface area contributed by atoms with Crippen LogP contribution in [0.4, 0.5) is 11.4 Å². The van der Waals surface area contributed by atoms with Gasteiger partial charge in [-0.1, -0.05) is 30.3 Å². The third-order valence-corrected chi connectivity index (χ3v) is 7.01. The van der Waals surface area contributed by atoms with Crippen molar-refractivity contribution >= 4 is 38.5 Å². The standard InChI is InChI=1S/C22H20N2O4S.Na/c1-21(2)17-6-4-5-7-18(17)24(3)22(21)13-23-20-16-10-9-15(29(25,26)27)12-14(16)8-11-19(20)28-22;/h4-13H,1-3H3,(H,25,26,27);/q;+1/p-1. The Morgan fingerprint density at radius 2 is 1.80 bits per heavy atom. The summed E-state index contributed by atoms with van der Waals surface area (Å²) in [6.07, 6.45) is 1.83. The van der Waals surface area contributed by atoms with Gasteiger partial charge in [-0.3, -0.25) is 4.99 Å². The minimum atomic E-state index is -4.51. The Bertz CT molecular complexity index is 1320. The second-order valence-corrected chi connectivity index (χ2v) is 9.39. The van der Waals surface area contributed by atoms with Crippen LogP contribution in [0, 0.1) is 0 Å². The van der Waals surface area contributed by atoms with E-state index in [1.54, 1.807) is 18.2 Å². The Morgan fingerprint density at radius 1 is 1.07 bits per heavy atom. The molecule has 1 atom stereocenters. The zero-order valence-electron chi connectivity index (χ0n) is 17.2. The van der Waals surface area contributed by atoms with Gasteiger partial charge in [0.05, 0.1) is 16.5 Å². The molecule has 0 fully saturated rings. The van der Waals surface area contributed by atoms with Gasteiger partial charge in [0.2, 0.25) is 5.72 Å². The van der Waals surface area contributed by atoms with Crippen molar-refractivity contribution < 1.29 is 47.3 Å². The minimum Gasteiger partial charge on any atom is -0.744 e. The Balaban J connectivity index is 0.00000218. The molecule has 1 spiro atoms. The second-order valence-electron chi connectivity index (χ2n) is 8.01. The molecule has 0 aliphatic carbocycles. The largest absolute Gasteiger partial charge is 1.00 e. The molecule has 0 bridgehead atoms. The number of rotatable bonds is 1. The van der Waals surface area contributed by atoms with E-state index in [1.165, 1.54) is 17.7 Å². The van der Waals surface area contributed by atoms with Gasteiger partial charge in [-0.2, -0.15) is 0 Å². The van der Waals surface area contributed by atoms with Crippen LogP contribution in [0.5, 0.6) is 5.75 Å². The number of fused-ring (bicyclic) bond motifs is 4. The number of benzene rings is 3. The summed E-state index contributed by atoms with van der Waals surface area (Å²) in [5.41, 5.74) is 1.77. The summed E-state index contributed by atoms with van der Waals surface area (Å²) in [5, 5.41) is 1.36. The van der Waals surface area contributed by atoms with E-state index >= 15 is 0 Å². The zero-order chi connectivity index (χ0) is 20.6. The molecule has 148 valence electrons. The molecular weight excluding hydrogens is 411 g/mol. The van der Waals surface area contributed by atoms with E-state index in [4.69, 9.17) is 9.73 Å². The number of para-hydroxylation sites is 1. The second kappa shape index (κ2) is 6.80. The fourth-order valence-electron chi connectivity index (χ4n) is 4.52. The van der Waals surface area contributed by atoms with E-state index in [0.29, 0.717) is 16.8 Å². The summed E-state index contributed by atoms with van der Waals surface area (Å²) in [7, 11) is -2.52. The number of ether oxygens (including phenoxy) is 1. The third-order valence-electron chi connectivity index (χ3n) is 6.18. The maximum Gasteiger partial charge on any atom is 1.00 e. The summed E-state index contributed by atoms with van der Waals surface area (Å²) in [5.74, 6) is 0.616. The number of hydrogen-bond acceptors (Lipinski definition) is 6. The van der Waals surface area contributed by atoms with Crippen molar-refractivity contribution in [2.45, 2.75) is 29.9 Å². The van der Waals surface area contributed by atoms with E-state index in [2.05, 4.69) is 30.9 Å². The average molecular weight is 430 g/mol. The van der Waals surface area contributed by atoms with Crippen LogP contribution in [-0.2, 0) is 15.5 Å². The number of nitrogens with zero attached hydrogens (tertiary/aromatic N) is 2. The van der Waals surface area contributed by atoms with Crippen LogP contribution in [0.2, 0.25) is 0 Å². The molecule has 2 aliphatic rings. The quantitative estimate of drug-likeness (QED) is 0.424. The molecule has 5 rings (SSSR count). The SMILES string of the molecule is CN1c2ccccc2C(C)(C)C12C=Nc1c(ccc3cc(S(=O)(=O)[O-])ccc13)O2.[Na+]. The van der Waals surface area contributed by atoms with Crippen molar-refractivity contribution in [3.63, 3.8) is 0 Å². The first-order valence-corrected chi connectivity index (χ1v) is 10.7. The van der Waals surface area contributed by atoms with Gasteiger partial charge in [0.15, 0.2) is 0 Å². The predicted molar refractivity (Wildman–Crippen MR) is 111 cm³/mol. The molecule has 1 unspecified atom stereocenters. The molecule has 6 nitrogen and oxygen atoms in total. The maximum atomic E-state index is 11.3. The van der Waals surface area contributed by atoms with E-state index in [0.717, 1.165) is 11.1 Å². The topological polar surface area (TPSA) is 82.0 Å². The smallest absolute Gasteiger partial charge is 0.744 e. The summed E-state index contributed by atoms with van der Waals surface area (Å²) in [6.45, 7) is 4.28. The molecule has 0 aromatic heterocycles. The average Bonchev–Trinajstić information content (AvgIpc) is 2.85. The molecule has 0 radical (unpaired) electrons. The van der Waals surface area contributed by atoms with Crippen molar-refractivity contribution in [3.05, 3.63) is 60.2 Å². The van der Waals surface area contributed by atoms with Crippen molar-refractivity contribution in [2.24, 2.45) is 4.99 Å². The Hall–Kier alpha value is -1.90. The van der Waals surface area contributed by atoms with Crippen molar-refractivity contribution in [1.29, 1.82) is 0 Å². The maximum absolute atomic E-state index is 11.3. The molecule has 0 saturated heterocycles. The summed E-state index contributed by atoms with van der Waals surface area (Å²) in [4.78, 5) is 6.61. The molecule has 2 aliphatic heterocycles. The summed E-state index contributed by atoms with van der Waals surface area (Å²) < 4.78 is 40.6. The van der Waals surface area contributed by atoms with E-state index in [-0.39, 0.29) is 39.9 Å². The van der Waals surface area contributed by atoms with Gasteiger partial charge in [0.1, 0.15) is 21.6 Å². The van der Waals surface area contributed by atoms with Gasteiger partial charge in [0, 0.05) is 18.1 Å². The van der Waals surface area contributed by atoms with Crippen LogP contribution in [0.1, 0.15) is 19.4 Å². The van der Waals surface area contributed by atoms with E-state index in [9.17, 15) is 13.0 Å². The van der Waals surface area contributed by atoms with Gasteiger partial charge in [-0.25, -0.2) is 8.42 Å². The first-order valence-electron chi connectivity index (χ1n) is 9.25. The Kier molecular flexibility index (Phi) is 4.84. The number of likely N-dealkylation sites (N-methyl/N-ethyl adjacent to an activating group) is 1. The Morgan fingerprint density at radius 3 is 2.50 bits per heavy atom. The van der Waals surface area contributed by atoms with E-state index < -0.39 is 15.8 Å². The van der Waals surface area contributed by atoms with Gasteiger partial charge in [-0.15, -0.1) is 0 Å². The molecule has 0 amide bonds.